The van der Waals surface area contributed by atoms with E-state index in [1.807, 2.05) is 38.1 Å². The molecule has 0 radical (unpaired) electrons. The van der Waals surface area contributed by atoms with Crippen molar-refractivity contribution in [2.24, 2.45) is 0 Å². The Hall–Kier alpha value is -2.81. The number of benzene rings is 3. The first-order valence-corrected chi connectivity index (χ1v) is 10.1. The fraction of sp³-hybridized carbons (Fsp3) is 0.0952. The quantitative estimate of drug-likeness (QED) is 0.650. The zero-order valence-corrected chi connectivity index (χ0v) is 16.4. The van der Waals surface area contributed by atoms with Gasteiger partial charge in [0.2, 0.25) is 0 Å². The van der Waals surface area contributed by atoms with Crippen molar-refractivity contribution in [2.75, 3.05) is 4.72 Å². The molecule has 0 aromatic heterocycles. The van der Waals surface area contributed by atoms with Crippen LogP contribution >= 0.6 is 11.6 Å². The first-order chi connectivity index (χ1) is 12.8. The van der Waals surface area contributed by atoms with Gasteiger partial charge in [-0.3, -0.25) is 4.72 Å². The molecule has 136 valence electrons. The highest BCUT2D eigenvalue weighted by Gasteiger charge is 2.16. The number of nitrogens with one attached hydrogen (secondary N) is 1. The first-order valence-electron chi connectivity index (χ1n) is 8.20. The lowest BCUT2D eigenvalue weighted by Crippen LogP contribution is -2.13. The van der Waals surface area contributed by atoms with E-state index >= 15 is 0 Å². The Bertz CT molecular complexity index is 1150. The molecule has 0 bridgehead atoms. The van der Waals surface area contributed by atoms with Crippen LogP contribution in [0.25, 0.3) is 11.1 Å². The Morgan fingerprint density at radius 1 is 0.889 bits per heavy atom. The third-order valence-corrected chi connectivity index (χ3v) is 5.92. The Labute approximate surface area is 164 Å². The van der Waals surface area contributed by atoms with Crippen LogP contribution in [0.15, 0.2) is 65.6 Å². The summed E-state index contributed by atoms with van der Waals surface area (Å²) in [5, 5.41) is 9.55. The molecule has 0 heterocycles. The zero-order chi connectivity index (χ0) is 19.6. The van der Waals surface area contributed by atoms with E-state index in [1.54, 1.807) is 24.3 Å². The SMILES string of the molecule is Cc1cc(-c2ccc(C)c(NS(=O)(=O)c3ccc(Cl)cc3)c2)ccc1C#N. The lowest BCUT2D eigenvalue weighted by atomic mass is 9.99. The fourth-order valence-corrected chi connectivity index (χ4v) is 3.95. The molecule has 4 nitrogen and oxygen atoms in total. The lowest BCUT2D eigenvalue weighted by Gasteiger charge is -2.13. The van der Waals surface area contributed by atoms with Crippen molar-refractivity contribution in [3.8, 4) is 17.2 Å². The van der Waals surface area contributed by atoms with E-state index in [1.165, 1.54) is 12.1 Å². The van der Waals surface area contributed by atoms with Gasteiger partial charge in [0.05, 0.1) is 22.2 Å². The third kappa shape index (κ3) is 4.13. The summed E-state index contributed by atoms with van der Waals surface area (Å²) in [5.41, 5.74) is 4.58. The average molecular weight is 397 g/mol. The van der Waals surface area contributed by atoms with Crippen LogP contribution < -0.4 is 4.72 Å². The molecule has 0 aliphatic carbocycles. The maximum Gasteiger partial charge on any atom is 0.261 e. The molecule has 0 saturated heterocycles. The first kappa shape index (κ1) is 19.0. The highest BCUT2D eigenvalue weighted by Crippen LogP contribution is 2.28. The van der Waals surface area contributed by atoms with Gasteiger partial charge in [-0.15, -0.1) is 0 Å². The van der Waals surface area contributed by atoms with E-state index in [0.29, 0.717) is 16.3 Å². The molecule has 3 aromatic carbocycles. The summed E-state index contributed by atoms with van der Waals surface area (Å²) in [6.45, 7) is 3.72. The predicted molar refractivity (Wildman–Crippen MR) is 108 cm³/mol. The van der Waals surface area contributed by atoms with Crippen molar-refractivity contribution in [2.45, 2.75) is 18.7 Å². The van der Waals surface area contributed by atoms with Gasteiger partial charge in [-0.2, -0.15) is 5.26 Å². The minimum absolute atomic E-state index is 0.144. The molecule has 6 heteroatoms. The lowest BCUT2D eigenvalue weighted by molar-refractivity contribution is 0.601. The monoisotopic (exact) mass is 396 g/mol. The van der Waals surface area contributed by atoms with Gasteiger partial charge in [-0.05, 0) is 72.5 Å². The minimum atomic E-state index is -3.72. The number of rotatable bonds is 4. The summed E-state index contributed by atoms with van der Waals surface area (Å²) in [4.78, 5) is 0.144. The van der Waals surface area contributed by atoms with Gasteiger partial charge >= 0.3 is 0 Å². The number of nitrogens with zero attached hydrogens (tertiary/aromatic N) is 1. The molecule has 0 amide bonds. The van der Waals surface area contributed by atoms with E-state index in [2.05, 4.69) is 10.8 Å². The van der Waals surface area contributed by atoms with Gasteiger partial charge < -0.3 is 0 Å². The number of nitriles is 1. The van der Waals surface area contributed by atoms with Gasteiger partial charge in [-0.1, -0.05) is 35.9 Å². The van der Waals surface area contributed by atoms with Crippen molar-refractivity contribution in [3.63, 3.8) is 0 Å². The molecular formula is C21H17ClN2O2S. The molecule has 1 N–H and O–H groups in total. The molecule has 3 rings (SSSR count). The van der Waals surface area contributed by atoms with Gasteiger partial charge in [-0.25, -0.2) is 8.42 Å². The smallest absolute Gasteiger partial charge is 0.261 e. The van der Waals surface area contributed by atoms with Crippen LogP contribution in [-0.4, -0.2) is 8.42 Å². The van der Waals surface area contributed by atoms with Gasteiger partial charge in [0.25, 0.3) is 10.0 Å². The highest BCUT2D eigenvalue weighted by molar-refractivity contribution is 7.92. The van der Waals surface area contributed by atoms with Crippen LogP contribution in [0.3, 0.4) is 0 Å². The summed E-state index contributed by atoms with van der Waals surface area (Å²) >= 11 is 5.83. The Kier molecular flexibility index (Phi) is 5.22. The van der Waals surface area contributed by atoms with Gasteiger partial charge in [0.1, 0.15) is 0 Å². The number of sulfonamides is 1. The van der Waals surface area contributed by atoms with Crippen molar-refractivity contribution >= 4 is 27.3 Å². The molecule has 0 aliphatic heterocycles. The summed E-state index contributed by atoms with van der Waals surface area (Å²) in [6.07, 6.45) is 0. The van der Waals surface area contributed by atoms with Crippen molar-refractivity contribution in [1.82, 2.24) is 0 Å². The van der Waals surface area contributed by atoms with E-state index < -0.39 is 10.0 Å². The van der Waals surface area contributed by atoms with Crippen LogP contribution in [-0.2, 0) is 10.0 Å². The maximum atomic E-state index is 12.7. The van der Waals surface area contributed by atoms with Crippen LogP contribution in [0.5, 0.6) is 0 Å². The normalized spacial score (nSPS) is 11.0. The number of halogens is 1. The van der Waals surface area contributed by atoms with Gasteiger partial charge in [0, 0.05) is 5.02 Å². The summed E-state index contributed by atoms with van der Waals surface area (Å²) in [5.74, 6) is 0. The van der Waals surface area contributed by atoms with E-state index in [9.17, 15) is 8.42 Å². The van der Waals surface area contributed by atoms with E-state index in [4.69, 9.17) is 16.9 Å². The summed E-state index contributed by atoms with van der Waals surface area (Å²) in [6, 6.07) is 19.3. The molecule has 27 heavy (non-hydrogen) atoms. The maximum absolute atomic E-state index is 12.7. The molecule has 3 aromatic rings. The topological polar surface area (TPSA) is 70.0 Å². The molecule has 0 saturated carbocycles. The standard InChI is InChI=1S/C21H17ClN2O2S/c1-14-3-4-17(16-5-6-18(13-23)15(2)11-16)12-21(14)24-27(25,26)20-9-7-19(22)8-10-20/h3-12,24H,1-2H3. The second kappa shape index (κ2) is 7.43. The molecule has 0 aliphatic rings. The predicted octanol–water partition coefficient (Wildman–Crippen LogP) is 5.30. The molecular weight excluding hydrogens is 380 g/mol. The number of anilines is 1. The number of hydrogen-bond donors (Lipinski definition) is 1. The zero-order valence-electron chi connectivity index (χ0n) is 14.8. The van der Waals surface area contributed by atoms with Crippen molar-refractivity contribution in [1.29, 1.82) is 5.26 Å². The molecule has 0 unspecified atom stereocenters. The number of aryl methyl sites for hydroxylation is 2. The van der Waals surface area contributed by atoms with Crippen molar-refractivity contribution < 1.29 is 8.42 Å². The number of hydrogen-bond acceptors (Lipinski definition) is 3. The Morgan fingerprint density at radius 2 is 1.52 bits per heavy atom. The second-order valence-electron chi connectivity index (χ2n) is 6.23. The molecule has 0 fully saturated rings. The Balaban J connectivity index is 1.98. The molecule has 0 spiro atoms. The summed E-state index contributed by atoms with van der Waals surface area (Å²) < 4.78 is 28.0. The molecule has 0 atom stereocenters. The highest BCUT2D eigenvalue weighted by atomic mass is 35.5. The summed E-state index contributed by atoms with van der Waals surface area (Å²) in [7, 11) is -3.72. The van der Waals surface area contributed by atoms with E-state index in [0.717, 1.165) is 22.3 Å². The third-order valence-electron chi connectivity index (χ3n) is 4.29. The second-order valence-corrected chi connectivity index (χ2v) is 8.35. The van der Waals surface area contributed by atoms with Gasteiger partial charge in [0.15, 0.2) is 0 Å². The van der Waals surface area contributed by atoms with Crippen LogP contribution in [0.1, 0.15) is 16.7 Å². The minimum Gasteiger partial charge on any atom is -0.279 e. The fourth-order valence-electron chi connectivity index (χ4n) is 2.70. The van der Waals surface area contributed by atoms with Crippen LogP contribution in [0.4, 0.5) is 5.69 Å². The average Bonchev–Trinajstić information content (AvgIpc) is 2.63. The van der Waals surface area contributed by atoms with E-state index in [-0.39, 0.29) is 4.90 Å². The van der Waals surface area contributed by atoms with Crippen LogP contribution in [0.2, 0.25) is 5.02 Å². The Morgan fingerprint density at radius 3 is 2.15 bits per heavy atom. The largest absolute Gasteiger partial charge is 0.279 e. The van der Waals surface area contributed by atoms with Crippen molar-refractivity contribution in [3.05, 3.63) is 82.4 Å². The van der Waals surface area contributed by atoms with Crippen LogP contribution in [0, 0.1) is 25.2 Å².